The Balaban J connectivity index is 5.05. The normalized spacial score (nSPS) is 11.3. The van der Waals surface area contributed by atoms with Crippen LogP contribution in [-0.2, 0) is 0 Å². The van der Waals surface area contributed by atoms with E-state index in [-0.39, 0.29) is 0 Å². The molecule has 0 radical (unpaired) electrons. The molecule has 0 aromatic carbocycles. The van der Waals surface area contributed by atoms with Crippen molar-refractivity contribution in [2.75, 3.05) is 0 Å². The van der Waals surface area contributed by atoms with Crippen LogP contribution < -0.4 is 16.0 Å². The third-order valence-corrected chi connectivity index (χ3v) is 5.24. The van der Waals surface area contributed by atoms with Gasteiger partial charge in [-0.1, -0.05) is 41.5 Å². The summed E-state index contributed by atoms with van der Waals surface area (Å²) in [4.78, 5) is 0. The highest BCUT2D eigenvalue weighted by Crippen LogP contribution is 2.07. The molecular weight excluding hydrogens is 274 g/mol. The molecule has 0 atom stereocenters. The molecule has 0 aliphatic heterocycles. The molecule has 0 aromatic rings. The summed E-state index contributed by atoms with van der Waals surface area (Å²) in [5, 5.41) is 12.6. The first-order valence-corrected chi connectivity index (χ1v) is 10.1. The molecular formula is C17H39N3Si. The minimum Gasteiger partial charge on any atom is -0.387 e. The van der Waals surface area contributed by atoms with E-state index < -0.39 is 0 Å². The highest BCUT2D eigenvalue weighted by Gasteiger charge is 2.13. The van der Waals surface area contributed by atoms with Gasteiger partial charge >= 0.3 is 0 Å². The van der Waals surface area contributed by atoms with Gasteiger partial charge in [0.05, 0.1) is 10.2 Å². The lowest BCUT2D eigenvalue weighted by Gasteiger charge is -2.28. The van der Waals surface area contributed by atoms with Crippen molar-refractivity contribution in [1.29, 1.82) is 0 Å². The number of hydrogen-bond donors (Lipinski definition) is 3. The van der Waals surface area contributed by atoms with Crippen LogP contribution >= 0.6 is 0 Å². The fourth-order valence-corrected chi connectivity index (χ4v) is 3.22. The molecule has 21 heavy (non-hydrogen) atoms. The Labute approximate surface area is 136 Å². The van der Waals surface area contributed by atoms with Crippen molar-refractivity contribution >= 4 is 10.2 Å². The van der Waals surface area contributed by atoms with E-state index in [1.807, 2.05) is 0 Å². The summed E-state index contributed by atoms with van der Waals surface area (Å²) in [6, 6.07) is 1.73. The van der Waals surface area contributed by atoms with Gasteiger partial charge in [0, 0.05) is 23.4 Å². The van der Waals surface area contributed by atoms with Crippen LogP contribution in [0.3, 0.4) is 0 Å². The Hall–Kier alpha value is -0.643. The van der Waals surface area contributed by atoms with E-state index in [1.165, 1.54) is 49.7 Å². The summed E-state index contributed by atoms with van der Waals surface area (Å²) in [5.41, 5.74) is 0. The van der Waals surface area contributed by atoms with Gasteiger partial charge in [0.1, 0.15) is 5.82 Å². The van der Waals surface area contributed by atoms with Crippen LogP contribution in [0.1, 0.15) is 80.1 Å². The number of rotatable bonds is 12. The summed E-state index contributed by atoms with van der Waals surface area (Å²) in [5.74, 6) is 1.26. The minimum atomic E-state index is 0.564. The number of nitrogens with one attached hydrogen (secondary N) is 3. The summed E-state index contributed by atoms with van der Waals surface area (Å²) >= 11 is 0. The summed E-state index contributed by atoms with van der Waals surface area (Å²) < 4.78 is 0. The Bertz CT molecular complexity index is 264. The molecule has 0 aliphatic rings. The van der Waals surface area contributed by atoms with Gasteiger partial charge in [0.25, 0.3) is 0 Å². The maximum Gasteiger partial charge on any atom is 0.113 e. The van der Waals surface area contributed by atoms with Gasteiger partial charge in [-0.25, -0.2) is 0 Å². The molecule has 0 unspecified atom stereocenters. The molecule has 0 saturated heterocycles. The number of hydrogen-bond acceptors (Lipinski definition) is 3. The Kier molecular flexibility index (Phi) is 11.6. The predicted octanol–water partition coefficient (Wildman–Crippen LogP) is 2.81. The lowest BCUT2D eigenvalue weighted by atomic mass is 10.1. The summed E-state index contributed by atoms with van der Waals surface area (Å²) in [6.45, 7) is 13.6. The molecule has 0 saturated carbocycles. The van der Waals surface area contributed by atoms with E-state index >= 15 is 0 Å². The molecule has 4 heteroatoms. The topological polar surface area (TPSA) is 36.1 Å². The molecule has 0 spiro atoms. The molecule has 0 aromatic heterocycles. The highest BCUT2D eigenvalue weighted by atomic mass is 28.1. The van der Waals surface area contributed by atoms with Crippen LogP contribution in [0.2, 0.25) is 0 Å². The highest BCUT2D eigenvalue weighted by molar-refractivity contribution is 6.21. The van der Waals surface area contributed by atoms with Crippen LogP contribution in [0.15, 0.2) is 11.1 Å². The smallest absolute Gasteiger partial charge is 0.113 e. The molecule has 126 valence electrons. The zero-order valence-electron chi connectivity index (χ0n) is 15.5. The van der Waals surface area contributed by atoms with Gasteiger partial charge in [-0.15, -0.1) is 0 Å². The molecule has 0 amide bonds. The van der Waals surface area contributed by atoms with E-state index in [1.54, 1.807) is 0 Å². The lowest BCUT2D eigenvalue weighted by molar-refractivity contribution is 0.450. The average molecular weight is 314 g/mol. The van der Waals surface area contributed by atoms with Crippen molar-refractivity contribution in [2.45, 2.75) is 98.2 Å². The third kappa shape index (κ3) is 7.79. The third-order valence-electron chi connectivity index (χ3n) is 4.45. The lowest BCUT2D eigenvalue weighted by Crippen LogP contribution is -2.43. The molecule has 0 rings (SSSR count). The van der Waals surface area contributed by atoms with Crippen molar-refractivity contribution in [3.05, 3.63) is 11.1 Å². The second-order valence-electron chi connectivity index (χ2n) is 5.97. The van der Waals surface area contributed by atoms with Gasteiger partial charge in [-0.2, -0.15) is 0 Å². The fourth-order valence-electron chi connectivity index (χ4n) is 2.52. The van der Waals surface area contributed by atoms with E-state index in [2.05, 4.69) is 57.5 Å². The Morgan fingerprint density at radius 2 is 0.905 bits per heavy atom. The molecule has 0 bridgehead atoms. The van der Waals surface area contributed by atoms with Crippen molar-refractivity contribution in [2.24, 2.45) is 0 Å². The van der Waals surface area contributed by atoms with E-state index in [9.17, 15) is 0 Å². The first kappa shape index (κ1) is 20.4. The second kappa shape index (κ2) is 12.0. The Morgan fingerprint density at radius 3 is 1.19 bits per heavy atom. The van der Waals surface area contributed by atoms with Crippen molar-refractivity contribution in [1.82, 2.24) is 16.0 Å². The SMILES string of the molecule is CCC(CC)NC([SiH3])=C(NC(CC)CC)NC(CC)CC. The zero-order valence-corrected chi connectivity index (χ0v) is 17.5. The van der Waals surface area contributed by atoms with Gasteiger partial charge in [0.2, 0.25) is 0 Å². The standard InChI is InChI=1S/C17H39N3Si/c1-7-13(8-2)18-16(19-14(9-3)10-4)17(21)20-15(11-5)12-6/h13-15,18-20H,7-12H2,1-6,21H3. The zero-order chi connectivity index (χ0) is 16.3. The van der Waals surface area contributed by atoms with Crippen LogP contribution in [0.4, 0.5) is 0 Å². The molecule has 0 heterocycles. The molecule has 0 aliphatic carbocycles. The fraction of sp³-hybridized carbons (Fsp3) is 0.882. The van der Waals surface area contributed by atoms with Crippen molar-refractivity contribution in [3.8, 4) is 0 Å². The maximum absolute atomic E-state index is 3.75. The monoisotopic (exact) mass is 313 g/mol. The van der Waals surface area contributed by atoms with Gasteiger partial charge in [-0.05, 0) is 38.5 Å². The van der Waals surface area contributed by atoms with E-state index in [0.29, 0.717) is 18.1 Å². The Morgan fingerprint density at radius 1 is 0.619 bits per heavy atom. The minimum absolute atomic E-state index is 0.564. The van der Waals surface area contributed by atoms with Crippen molar-refractivity contribution < 1.29 is 0 Å². The average Bonchev–Trinajstić information content (AvgIpc) is 2.52. The molecule has 0 fully saturated rings. The van der Waals surface area contributed by atoms with Crippen LogP contribution in [0.5, 0.6) is 0 Å². The van der Waals surface area contributed by atoms with E-state index in [0.717, 1.165) is 10.2 Å². The maximum atomic E-state index is 3.75. The van der Waals surface area contributed by atoms with Crippen LogP contribution in [0, 0.1) is 0 Å². The quantitative estimate of drug-likeness (QED) is 0.485. The van der Waals surface area contributed by atoms with Gasteiger partial charge < -0.3 is 16.0 Å². The molecule has 3 nitrogen and oxygen atoms in total. The second-order valence-corrected chi connectivity index (χ2v) is 6.97. The molecule has 3 N–H and O–H groups in total. The van der Waals surface area contributed by atoms with Crippen LogP contribution in [-0.4, -0.2) is 28.4 Å². The first-order valence-electron chi connectivity index (χ1n) is 9.06. The summed E-state index contributed by atoms with van der Waals surface area (Å²) in [7, 11) is 1.04. The van der Waals surface area contributed by atoms with E-state index in [4.69, 9.17) is 0 Å². The first-order chi connectivity index (χ1) is 10.1. The summed E-state index contributed by atoms with van der Waals surface area (Å²) in [6.07, 6.45) is 7.06. The van der Waals surface area contributed by atoms with Crippen molar-refractivity contribution in [3.63, 3.8) is 0 Å². The van der Waals surface area contributed by atoms with Gasteiger partial charge in [-0.3, -0.25) is 0 Å². The van der Waals surface area contributed by atoms with Crippen LogP contribution in [0.25, 0.3) is 0 Å². The predicted molar refractivity (Wildman–Crippen MR) is 99.5 cm³/mol. The van der Waals surface area contributed by atoms with Gasteiger partial charge in [0.15, 0.2) is 0 Å². The largest absolute Gasteiger partial charge is 0.387 e.